The van der Waals surface area contributed by atoms with Crippen LogP contribution in [-0.4, -0.2) is 42.4 Å². The molecule has 4 nitrogen and oxygen atoms in total. The lowest BCUT2D eigenvalue weighted by Gasteiger charge is -2.35. The van der Waals surface area contributed by atoms with Crippen LogP contribution in [0.3, 0.4) is 0 Å². The Morgan fingerprint density at radius 1 is 1.04 bits per heavy atom. The predicted octanol–water partition coefficient (Wildman–Crippen LogP) is 3.74. The van der Waals surface area contributed by atoms with Gasteiger partial charge < -0.3 is 9.80 Å². The van der Waals surface area contributed by atoms with Crippen molar-refractivity contribution in [3.63, 3.8) is 0 Å². The molecule has 1 aliphatic heterocycles. The molecule has 0 atom stereocenters. The van der Waals surface area contributed by atoms with Gasteiger partial charge in [-0.15, -0.1) is 11.8 Å². The lowest BCUT2D eigenvalue weighted by atomic mass is 10.3. The fourth-order valence-corrected chi connectivity index (χ4v) is 4.39. The summed E-state index contributed by atoms with van der Waals surface area (Å²) in [6.07, 6.45) is 3.97. The number of anilines is 2. The van der Waals surface area contributed by atoms with Crippen LogP contribution in [0.5, 0.6) is 0 Å². The summed E-state index contributed by atoms with van der Waals surface area (Å²) < 4.78 is 1.28. The van der Waals surface area contributed by atoms with E-state index >= 15 is 0 Å². The molecule has 1 aromatic carbocycles. The number of hydrogen-bond acceptors (Lipinski definition) is 6. The molecule has 3 heterocycles. The first-order chi connectivity index (χ1) is 11.3. The summed E-state index contributed by atoms with van der Waals surface area (Å²) in [5.74, 6) is 1.07. The lowest BCUT2D eigenvalue weighted by molar-refractivity contribution is 0.646. The third-order valence-electron chi connectivity index (χ3n) is 4.11. The van der Waals surface area contributed by atoms with Crippen LogP contribution >= 0.6 is 23.1 Å². The van der Waals surface area contributed by atoms with Crippen molar-refractivity contribution in [2.24, 2.45) is 0 Å². The van der Waals surface area contributed by atoms with Crippen molar-refractivity contribution in [1.29, 1.82) is 0 Å². The maximum Gasteiger partial charge on any atom is 0.186 e. The largest absolute Gasteiger partial charge is 0.353 e. The minimum atomic E-state index is 0.989. The molecule has 0 unspecified atom stereocenters. The fraction of sp³-hybridized carbons (Fsp3) is 0.294. The zero-order valence-corrected chi connectivity index (χ0v) is 14.6. The number of fused-ring (bicyclic) bond motifs is 1. The molecule has 0 N–H and O–H groups in total. The quantitative estimate of drug-likeness (QED) is 0.677. The number of thioether (sulfide) groups is 1. The van der Waals surface area contributed by atoms with Gasteiger partial charge in [0.1, 0.15) is 5.82 Å². The Bertz CT molecular complexity index is 795. The van der Waals surface area contributed by atoms with Crippen molar-refractivity contribution in [2.75, 3.05) is 42.2 Å². The number of pyridine rings is 1. The molecule has 3 aromatic rings. The molecule has 4 rings (SSSR count). The van der Waals surface area contributed by atoms with Gasteiger partial charge in [0.05, 0.1) is 10.2 Å². The maximum absolute atomic E-state index is 4.81. The second-order valence-corrected chi connectivity index (χ2v) is 7.38. The van der Waals surface area contributed by atoms with E-state index in [9.17, 15) is 0 Å². The highest BCUT2D eigenvalue weighted by molar-refractivity contribution is 7.98. The first-order valence-corrected chi connectivity index (χ1v) is 9.73. The zero-order valence-electron chi connectivity index (χ0n) is 13.0. The maximum atomic E-state index is 4.81. The molecule has 1 aliphatic rings. The molecule has 1 saturated heterocycles. The molecule has 0 radical (unpaired) electrons. The van der Waals surface area contributed by atoms with Gasteiger partial charge in [0.2, 0.25) is 0 Å². The Morgan fingerprint density at radius 3 is 2.61 bits per heavy atom. The van der Waals surface area contributed by atoms with Crippen LogP contribution < -0.4 is 9.80 Å². The highest BCUT2D eigenvalue weighted by atomic mass is 32.2. The van der Waals surface area contributed by atoms with E-state index in [0.29, 0.717) is 0 Å². The molecule has 0 amide bonds. The van der Waals surface area contributed by atoms with Crippen LogP contribution in [0.2, 0.25) is 0 Å². The van der Waals surface area contributed by atoms with Crippen LogP contribution in [-0.2, 0) is 0 Å². The molecule has 23 heavy (non-hydrogen) atoms. The Hall–Kier alpha value is -1.79. The number of hydrogen-bond donors (Lipinski definition) is 0. The van der Waals surface area contributed by atoms with E-state index in [0.717, 1.165) is 42.6 Å². The molecule has 0 saturated carbocycles. The number of piperazine rings is 1. The van der Waals surface area contributed by atoms with E-state index < -0.39 is 0 Å². The van der Waals surface area contributed by atoms with Gasteiger partial charge in [-0.3, -0.25) is 0 Å². The molecular formula is C17H18N4S2. The second-order valence-electron chi connectivity index (χ2n) is 5.49. The van der Waals surface area contributed by atoms with E-state index in [4.69, 9.17) is 4.98 Å². The average molecular weight is 342 g/mol. The summed E-state index contributed by atoms with van der Waals surface area (Å²) in [4.78, 5) is 15.3. The van der Waals surface area contributed by atoms with Gasteiger partial charge in [-0.25, -0.2) is 9.97 Å². The van der Waals surface area contributed by atoms with Crippen molar-refractivity contribution in [3.8, 4) is 0 Å². The second kappa shape index (κ2) is 6.37. The van der Waals surface area contributed by atoms with Crippen LogP contribution in [0.4, 0.5) is 10.9 Å². The van der Waals surface area contributed by atoms with Crippen LogP contribution in [0.15, 0.2) is 47.5 Å². The van der Waals surface area contributed by atoms with E-state index in [1.54, 1.807) is 23.1 Å². The van der Waals surface area contributed by atoms with Gasteiger partial charge in [0.15, 0.2) is 5.13 Å². The monoisotopic (exact) mass is 342 g/mol. The fourth-order valence-electron chi connectivity index (χ4n) is 2.82. The van der Waals surface area contributed by atoms with Crippen molar-refractivity contribution in [2.45, 2.75) is 4.90 Å². The molecule has 2 aromatic heterocycles. The number of aromatic nitrogens is 2. The zero-order chi connectivity index (χ0) is 15.6. The van der Waals surface area contributed by atoms with Gasteiger partial charge in [-0.2, -0.15) is 0 Å². The molecular weight excluding hydrogens is 324 g/mol. The molecule has 0 aliphatic carbocycles. The van der Waals surface area contributed by atoms with Gasteiger partial charge >= 0.3 is 0 Å². The Labute approximate surface area is 144 Å². The SMILES string of the molecule is CSc1ccc2nc(N3CCN(c4ccccn4)CC3)sc2c1. The molecule has 0 bridgehead atoms. The first kappa shape index (κ1) is 14.8. The van der Waals surface area contributed by atoms with E-state index in [1.165, 1.54) is 9.60 Å². The summed E-state index contributed by atoms with van der Waals surface area (Å²) in [5.41, 5.74) is 1.11. The van der Waals surface area contributed by atoms with Crippen LogP contribution in [0, 0.1) is 0 Å². The number of thiazole rings is 1. The summed E-state index contributed by atoms with van der Waals surface area (Å²) in [6, 6.07) is 12.6. The molecule has 118 valence electrons. The number of nitrogens with zero attached hydrogens (tertiary/aromatic N) is 4. The van der Waals surface area contributed by atoms with Crippen molar-refractivity contribution in [3.05, 3.63) is 42.6 Å². The summed E-state index contributed by atoms with van der Waals surface area (Å²) in [6.45, 7) is 3.96. The van der Waals surface area contributed by atoms with Gasteiger partial charge in [-0.05, 0) is 36.6 Å². The molecule has 1 fully saturated rings. The van der Waals surface area contributed by atoms with Crippen molar-refractivity contribution in [1.82, 2.24) is 9.97 Å². The average Bonchev–Trinajstić information content (AvgIpc) is 3.05. The molecule has 6 heteroatoms. The van der Waals surface area contributed by atoms with Crippen LogP contribution in [0.25, 0.3) is 10.2 Å². The smallest absolute Gasteiger partial charge is 0.186 e. The summed E-state index contributed by atoms with van der Waals surface area (Å²) >= 11 is 3.58. The molecule has 0 spiro atoms. The lowest BCUT2D eigenvalue weighted by Crippen LogP contribution is -2.46. The Morgan fingerprint density at radius 2 is 1.87 bits per heavy atom. The normalized spacial score (nSPS) is 15.3. The third-order valence-corrected chi connectivity index (χ3v) is 5.91. The highest BCUT2D eigenvalue weighted by Gasteiger charge is 2.20. The van der Waals surface area contributed by atoms with E-state index in [1.807, 2.05) is 18.3 Å². The third kappa shape index (κ3) is 3.01. The summed E-state index contributed by atoms with van der Waals surface area (Å²) in [5, 5.41) is 1.14. The van der Waals surface area contributed by atoms with Gasteiger partial charge in [0.25, 0.3) is 0 Å². The van der Waals surface area contributed by atoms with Crippen molar-refractivity contribution >= 4 is 44.3 Å². The Balaban J connectivity index is 1.50. The summed E-state index contributed by atoms with van der Waals surface area (Å²) in [7, 11) is 0. The van der Waals surface area contributed by atoms with E-state index in [2.05, 4.69) is 45.3 Å². The predicted molar refractivity (Wildman–Crippen MR) is 100 cm³/mol. The number of benzene rings is 1. The standard InChI is InChI=1S/C17H18N4S2/c1-22-13-5-6-14-15(12-13)23-17(19-14)21-10-8-20(9-11-21)16-4-2-3-7-18-16/h2-7,12H,8-11H2,1H3. The van der Waals surface area contributed by atoms with Crippen molar-refractivity contribution < 1.29 is 0 Å². The van der Waals surface area contributed by atoms with Crippen LogP contribution in [0.1, 0.15) is 0 Å². The van der Waals surface area contributed by atoms with E-state index in [-0.39, 0.29) is 0 Å². The topological polar surface area (TPSA) is 32.3 Å². The van der Waals surface area contributed by atoms with Gasteiger partial charge in [-0.1, -0.05) is 17.4 Å². The Kier molecular flexibility index (Phi) is 4.10. The highest BCUT2D eigenvalue weighted by Crippen LogP contribution is 2.32. The van der Waals surface area contributed by atoms with Gasteiger partial charge in [0, 0.05) is 37.3 Å². The minimum absolute atomic E-state index is 0.989. The number of rotatable bonds is 3. The first-order valence-electron chi connectivity index (χ1n) is 7.69. The minimum Gasteiger partial charge on any atom is -0.353 e.